The monoisotopic (exact) mass is 397 g/mol. The van der Waals surface area contributed by atoms with E-state index in [4.69, 9.17) is 0 Å². The maximum Gasteiger partial charge on any atom is 0.297 e. The van der Waals surface area contributed by atoms with Crippen LogP contribution in [-0.2, 0) is 11.3 Å². The topological polar surface area (TPSA) is 64.0 Å². The smallest absolute Gasteiger partial charge is 0.297 e. The lowest BCUT2D eigenvalue weighted by atomic mass is 10.1. The van der Waals surface area contributed by atoms with Gasteiger partial charge in [0, 0.05) is 16.1 Å². The van der Waals surface area contributed by atoms with Crippen molar-refractivity contribution >= 4 is 33.4 Å². The molecular formula is C19H16BrN3O2. The van der Waals surface area contributed by atoms with Gasteiger partial charge in [0.1, 0.15) is 5.82 Å². The van der Waals surface area contributed by atoms with Gasteiger partial charge in [-0.15, -0.1) is 0 Å². The Morgan fingerprint density at radius 3 is 2.52 bits per heavy atom. The summed E-state index contributed by atoms with van der Waals surface area (Å²) in [7, 11) is 0. The lowest BCUT2D eigenvalue weighted by molar-refractivity contribution is -0.112. The summed E-state index contributed by atoms with van der Waals surface area (Å²) < 4.78 is 2.60. The molecule has 3 rings (SSSR count). The molecule has 1 heterocycles. The predicted octanol–water partition coefficient (Wildman–Crippen LogP) is 3.82. The summed E-state index contributed by atoms with van der Waals surface area (Å²) >= 11 is 3.49. The SMILES string of the molecule is Cc1ccc(C(=O)C(=O)Nc2ccnn2Cc2ccccc2Br)cc1. The van der Waals surface area contributed by atoms with Gasteiger partial charge in [-0.1, -0.05) is 64.0 Å². The van der Waals surface area contributed by atoms with Crippen LogP contribution in [0.4, 0.5) is 5.82 Å². The number of nitrogens with zero attached hydrogens (tertiary/aromatic N) is 2. The van der Waals surface area contributed by atoms with Crippen molar-refractivity contribution in [1.29, 1.82) is 0 Å². The van der Waals surface area contributed by atoms with E-state index in [1.807, 2.05) is 31.2 Å². The first-order chi connectivity index (χ1) is 12.0. The molecule has 0 saturated carbocycles. The number of hydrogen-bond donors (Lipinski definition) is 1. The summed E-state index contributed by atoms with van der Waals surface area (Å²) in [6.07, 6.45) is 1.59. The van der Waals surface area contributed by atoms with E-state index >= 15 is 0 Å². The summed E-state index contributed by atoms with van der Waals surface area (Å²) in [6, 6.07) is 16.3. The van der Waals surface area contributed by atoms with Crippen LogP contribution < -0.4 is 5.32 Å². The number of amides is 1. The maximum atomic E-state index is 12.3. The molecule has 0 saturated heterocycles. The fourth-order valence-electron chi connectivity index (χ4n) is 2.36. The van der Waals surface area contributed by atoms with Gasteiger partial charge in [0.2, 0.25) is 0 Å². The average molecular weight is 398 g/mol. The molecule has 6 heteroatoms. The van der Waals surface area contributed by atoms with Crippen LogP contribution in [0.3, 0.4) is 0 Å². The molecule has 1 aromatic heterocycles. The number of carbonyl (C=O) groups excluding carboxylic acids is 2. The number of anilines is 1. The Hall–Kier alpha value is -2.73. The van der Waals surface area contributed by atoms with Gasteiger partial charge in [-0.2, -0.15) is 5.10 Å². The van der Waals surface area contributed by atoms with E-state index < -0.39 is 11.7 Å². The Balaban J connectivity index is 1.74. The highest BCUT2D eigenvalue weighted by Crippen LogP contribution is 2.19. The highest BCUT2D eigenvalue weighted by atomic mass is 79.9. The molecule has 0 bridgehead atoms. The third-order valence-electron chi connectivity index (χ3n) is 3.76. The number of nitrogens with one attached hydrogen (secondary N) is 1. The quantitative estimate of drug-likeness (QED) is 0.525. The van der Waals surface area contributed by atoms with Gasteiger partial charge in [0.25, 0.3) is 11.7 Å². The number of hydrogen-bond acceptors (Lipinski definition) is 3. The third kappa shape index (κ3) is 4.03. The lowest BCUT2D eigenvalue weighted by Gasteiger charge is -2.10. The minimum Gasteiger partial charge on any atom is -0.304 e. The molecule has 1 N–H and O–H groups in total. The number of aromatic nitrogens is 2. The van der Waals surface area contributed by atoms with Gasteiger partial charge in [0.15, 0.2) is 0 Å². The van der Waals surface area contributed by atoms with Gasteiger partial charge in [0.05, 0.1) is 12.7 Å². The number of carbonyl (C=O) groups is 2. The third-order valence-corrected chi connectivity index (χ3v) is 4.53. The van der Waals surface area contributed by atoms with Crippen LogP contribution in [0.25, 0.3) is 0 Å². The van der Waals surface area contributed by atoms with Crippen molar-refractivity contribution in [2.75, 3.05) is 5.32 Å². The molecule has 0 unspecified atom stereocenters. The predicted molar refractivity (Wildman–Crippen MR) is 99.6 cm³/mol. The summed E-state index contributed by atoms with van der Waals surface area (Å²) in [5, 5.41) is 6.86. The summed E-state index contributed by atoms with van der Waals surface area (Å²) in [6.45, 7) is 2.40. The molecule has 0 aliphatic heterocycles. The molecule has 0 atom stereocenters. The standard InChI is InChI=1S/C19H16BrN3O2/c1-13-6-8-14(9-7-13)18(24)19(25)22-17-10-11-21-23(17)12-15-4-2-3-5-16(15)20/h2-11H,12H2,1H3,(H,22,25). The largest absolute Gasteiger partial charge is 0.304 e. The minimum absolute atomic E-state index is 0.361. The molecule has 0 fully saturated rings. The zero-order valence-corrected chi connectivity index (χ0v) is 15.2. The number of halogens is 1. The van der Waals surface area contributed by atoms with Crippen molar-refractivity contribution in [2.45, 2.75) is 13.5 Å². The molecule has 5 nitrogen and oxygen atoms in total. The average Bonchev–Trinajstić information content (AvgIpc) is 3.04. The molecule has 2 aromatic carbocycles. The summed E-state index contributed by atoms with van der Waals surface area (Å²) in [5.41, 5.74) is 2.41. The zero-order chi connectivity index (χ0) is 17.8. The number of rotatable bonds is 5. The van der Waals surface area contributed by atoms with Gasteiger partial charge >= 0.3 is 0 Å². The van der Waals surface area contributed by atoms with Crippen molar-refractivity contribution in [3.8, 4) is 0 Å². The molecule has 25 heavy (non-hydrogen) atoms. The lowest BCUT2D eigenvalue weighted by Crippen LogP contribution is -2.24. The second-order valence-corrected chi connectivity index (χ2v) is 6.47. The molecule has 0 aliphatic rings. The Kier molecular flexibility index (Phi) is 5.09. The van der Waals surface area contributed by atoms with Crippen LogP contribution in [0.2, 0.25) is 0 Å². The maximum absolute atomic E-state index is 12.3. The van der Waals surface area contributed by atoms with Gasteiger partial charge in [-0.3, -0.25) is 9.59 Å². The van der Waals surface area contributed by atoms with E-state index in [2.05, 4.69) is 26.3 Å². The van der Waals surface area contributed by atoms with E-state index in [9.17, 15) is 9.59 Å². The summed E-state index contributed by atoms with van der Waals surface area (Å²) in [5.74, 6) is -0.785. The fourth-order valence-corrected chi connectivity index (χ4v) is 2.77. The van der Waals surface area contributed by atoms with Crippen molar-refractivity contribution in [1.82, 2.24) is 9.78 Å². The van der Waals surface area contributed by atoms with Crippen LogP contribution in [0.15, 0.2) is 65.3 Å². The van der Waals surface area contributed by atoms with Crippen molar-refractivity contribution in [3.63, 3.8) is 0 Å². The first-order valence-electron chi connectivity index (χ1n) is 7.72. The first-order valence-corrected chi connectivity index (χ1v) is 8.51. The number of Topliss-reactive ketones (excluding diaryl/α,β-unsaturated/α-hetero) is 1. The van der Waals surface area contributed by atoms with Gasteiger partial charge in [-0.25, -0.2) is 4.68 Å². The van der Waals surface area contributed by atoms with E-state index in [0.29, 0.717) is 17.9 Å². The molecule has 0 aliphatic carbocycles. The molecule has 1 amide bonds. The van der Waals surface area contributed by atoms with Gasteiger partial charge in [-0.05, 0) is 18.6 Å². The van der Waals surface area contributed by atoms with Crippen LogP contribution in [-0.4, -0.2) is 21.5 Å². The normalized spacial score (nSPS) is 10.5. The van der Waals surface area contributed by atoms with Crippen LogP contribution >= 0.6 is 15.9 Å². The Morgan fingerprint density at radius 2 is 1.80 bits per heavy atom. The van der Waals surface area contributed by atoms with E-state index in [0.717, 1.165) is 15.6 Å². The van der Waals surface area contributed by atoms with E-state index in [1.54, 1.807) is 41.2 Å². The second kappa shape index (κ2) is 7.44. The Labute approximate surface area is 153 Å². The van der Waals surface area contributed by atoms with Crippen LogP contribution in [0.1, 0.15) is 21.5 Å². The Bertz CT molecular complexity index is 916. The van der Waals surface area contributed by atoms with Gasteiger partial charge < -0.3 is 5.32 Å². The van der Waals surface area contributed by atoms with E-state index in [-0.39, 0.29) is 0 Å². The van der Waals surface area contributed by atoms with Crippen molar-refractivity contribution < 1.29 is 9.59 Å². The minimum atomic E-state index is -0.683. The molecule has 3 aromatic rings. The number of ketones is 1. The van der Waals surface area contributed by atoms with Crippen LogP contribution in [0, 0.1) is 6.92 Å². The Morgan fingerprint density at radius 1 is 1.08 bits per heavy atom. The molecule has 0 spiro atoms. The second-order valence-electron chi connectivity index (χ2n) is 5.61. The highest BCUT2D eigenvalue weighted by Gasteiger charge is 2.18. The van der Waals surface area contributed by atoms with Crippen molar-refractivity contribution in [3.05, 3.63) is 82.0 Å². The van der Waals surface area contributed by atoms with Crippen LogP contribution in [0.5, 0.6) is 0 Å². The highest BCUT2D eigenvalue weighted by molar-refractivity contribution is 9.10. The molecule has 0 radical (unpaired) electrons. The molecular weight excluding hydrogens is 382 g/mol. The number of benzene rings is 2. The number of aryl methyl sites for hydroxylation is 1. The first kappa shape index (κ1) is 17.1. The fraction of sp³-hybridized carbons (Fsp3) is 0.105. The summed E-state index contributed by atoms with van der Waals surface area (Å²) in [4.78, 5) is 24.5. The van der Waals surface area contributed by atoms with E-state index in [1.165, 1.54) is 0 Å². The molecule has 126 valence electrons. The van der Waals surface area contributed by atoms with Crippen molar-refractivity contribution in [2.24, 2.45) is 0 Å². The zero-order valence-electron chi connectivity index (χ0n) is 13.6.